The van der Waals surface area contributed by atoms with Crippen molar-refractivity contribution in [1.29, 1.82) is 0 Å². The molecule has 0 radical (unpaired) electrons. The molecule has 0 aliphatic rings. The first-order chi connectivity index (χ1) is 15.1. The highest BCUT2D eigenvalue weighted by Gasteiger charge is 2.16. The summed E-state index contributed by atoms with van der Waals surface area (Å²) in [6.07, 6.45) is -0.828. The number of nitrogens with one attached hydrogen (secondary N) is 1. The van der Waals surface area contributed by atoms with E-state index < -0.39 is 6.10 Å². The van der Waals surface area contributed by atoms with Gasteiger partial charge < -0.3 is 19.7 Å². The van der Waals surface area contributed by atoms with Crippen LogP contribution < -0.4 is 10.1 Å². The number of hydrogen-bond donors (Lipinski definition) is 2. The number of fused-ring (bicyclic) bond motifs is 1. The highest BCUT2D eigenvalue weighted by molar-refractivity contribution is 5.94. The van der Waals surface area contributed by atoms with Gasteiger partial charge in [-0.1, -0.05) is 30.3 Å². The fraction of sp³-hybridized carbons (Fsp3) is 0.167. The molecule has 0 aliphatic heterocycles. The number of benzene rings is 3. The van der Waals surface area contributed by atoms with Crippen molar-refractivity contribution in [3.8, 4) is 5.75 Å². The van der Waals surface area contributed by atoms with Crippen LogP contribution in [0.25, 0.3) is 11.0 Å². The van der Waals surface area contributed by atoms with Gasteiger partial charge in [0.1, 0.15) is 30.1 Å². The second-order valence-corrected chi connectivity index (χ2v) is 7.09. The minimum absolute atomic E-state index is 0.0357. The highest BCUT2D eigenvalue weighted by Crippen LogP contribution is 2.18. The van der Waals surface area contributed by atoms with Crippen molar-refractivity contribution in [2.24, 2.45) is 0 Å². The smallest absolute Gasteiger partial charge is 0.251 e. The van der Waals surface area contributed by atoms with Crippen molar-refractivity contribution in [3.05, 3.63) is 96.1 Å². The van der Waals surface area contributed by atoms with Crippen LogP contribution in [0, 0.1) is 5.82 Å². The third kappa shape index (κ3) is 5.07. The molecule has 4 rings (SSSR count). The molecule has 1 amide bonds. The molecule has 1 aromatic heterocycles. The van der Waals surface area contributed by atoms with Gasteiger partial charge in [-0.05, 0) is 48.5 Å². The third-order valence-corrected chi connectivity index (χ3v) is 4.83. The zero-order valence-electron chi connectivity index (χ0n) is 16.7. The Labute approximate surface area is 178 Å². The molecule has 2 N–H and O–H groups in total. The van der Waals surface area contributed by atoms with Crippen molar-refractivity contribution in [2.45, 2.75) is 19.2 Å². The molecule has 0 spiro atoms. The molecular weight excluding hydrogens is 397 g/mol. The number of aromatic nitrogens is 2. The van der Waals surface area contributed by atoms with Crippen molar-refractivity contribution < 1.29 is 19.0 Å². The Kier molecular flexibility index (Phi) is 6.24. The summed E-state index contributed by atoms with van der Waals surface area (Å²) in [5, 5.41) is 13.4. The lowest BCUT2D eigenvalue weighted by atomic mass is 10.2. The van der Waals surface area contributed by atoms with Crippen LogP contribution in [0.15, 0.2) is 78.9 Å². The average Bonchev–Trinajstić information content (AvgIpc) is 3.15. The standard InChI is InChI=1S/C24H22FN3O3/c25-18-10-12-20(13-11-18)31-16-19(29)15-28-22-9-5-4-8-21(22)27-23(28)14-26-24(30)17-6-2-1-3-7-17/h1-13,19,29H,14-16H2,(H,26,30). The Morgan fingerprint density at radius 2 is 1.74 bits per heavy atom. The molecule has 1 heterocycles. The van der Waals surface area contributed by atoms with E-state index in [1.54, 1.807) is 12.1 Å². The summed E-state index contributed by atoms with van der Waals surface area (Å²) in [5.74, 6) is 0.567. The van der Waals surface area contributed by atoms with Crippen LogP contribution in [-0.2, 0) is 13.1 Å². The van der Waals surface area contributed by atoms with E-state index >= 15 is 0 Å². The topological polar surface area (TPSA) is 76.4 Å². The number of aliphatic hydroxyl groups excluding tert-OH is 1. The van der Waals surface area contributed by atoms with E-state index in [0.717, 1.165) is 11.0 Å². The van der Waals surface area contributed by atoms with E-state index in [9.17, 15) is 14.3 Å². The second kappa shape index (κ2) is 9.40. The number of halogens is 1. The van der Waals surface area contributed by atoms with Gasteiger partial charge in [-0.3, -0.25) is 4.79 Å². The lowest BCUT2D eigenvalue weighted by molar-refractivity contribution is 0.0916. The fourth-order valence-electron chi connectivity index (χ4n) is 3.30. The van der Waals surface area contributed by atoms with Gasteiger partial charge in [0.15, 0.2) is 0 Å². The van der Waals surface area contributed by atoms with Gasteiger partial charge in [0.25, 0.3) is 5.91 Å². The lowest BCUT2D eigenvalue weighted by Crippen LogP contribution is -2.28. The first-order valence-corrected chi connectivity index (χ1v) is 9.94. The van der Waals surface area contributed by atoms with E-state index in [1.807, 2.05) is 47.0 Å². The molecule has 0 aliphatic carbocycles. The molecule has 31 heavy (non-hydrogen) atoms. The second-order valence-electron chi connectivity index (χ2n) is 7.09. The molecule has 0 saturated heterocycles. The number of amides is 1. The Morgan fingerprint density at radius 3 is 2.52 bits per heavy atom. The Morgan fingerprint density at radius 1 is 1.03 bits per heavy atom. The molecule has 0 fully saturated rings. The SMILES string of the molecule is O=C(NCc1nc2ccccc2n1CC(O)COc1ccc(F)cc1)c1ccccc1. The number of carbonyl (C=O) groups excluding carboxylic acids is 1. The number of ether oxygens (including phenoxy) is 1. The third-order valence-electron chi connectivity index (χ3n) is 4.83. The molecule has 6 nitrogen and oxygen atoms in total. The van der Waals surface area contributed by atoms with Gasteiger partial charge in [0.05, 0.1) is 24.1 Å². The number of nitrogens with zero attached hydrogens (tertiary/aromatic N) is 2. The van der Waals surface area contributed by atoms with Crippen LogP contribution in [0.3, 0.4) is 0 Å². The van der Waals surface area contributed by atoms with E-state index in [-0.39, 0.29) is 31.4 Å². The largest absolute Gasteiger partial charge is 0.491 e. The van der Waals surface area contributed by atoms with Crippen molar-refractivity contribution in [3.63, 3.8) is 0 Å². The number of hydrogen-bond acceptors (Lipinski definition) is 4. The van der Waals surface area contributed by atoms with Crippen LogP contribution in [-0.4, -0.2) is 33.3 Å². The molecule has 7 heteroatoms. The number of aliphatic hydroxyl groups is 1. The van der Waals surface area contributed by atoms with E-state index in [1.165, 1.54) is 24.3 Å². The van der Waals surface area contributed by atoms with Crippen molar-refractivity contribution in [2.75, 3.05) is 6.61 Å². The summed E-state index contributed by atoms with van der Waals surface area (Å²) >= 11 is 0. The van der Waals surface area contributed by atoms with Gasteiger partial charge >= 0.3 is 0 Å². The number of imidazole rings is 1. The van der Waals surface area contributed by atoms with E-state index in [0.29, 0.717) is 17.1 Å². The molecule has 0 bridgehead atoms. The molecule has 0 saturated carbocycles. The van der Waals surface area contributed by atoms with Crippen molar-refractivity contribution >= 4 is 16.9 Å². The zero-order valence-corrected chi connectivity index (χ0v) is 16.7. The summed E-state index contributed by atoms with van der Waals surface area (Å²) in [5.41, 5.74) is 2.20. The normalized spacial score (nSPS) is 11.9. The van der Waals surface area contributed by atoms with Crippen LogP contribution in [0.4, 0.5) is 4.39 Å². The van der Waals surface area contributed by atoms with Gasteiger partial charge in [-0.2, -0.15) is 0 Å². The zero-order chi connectivity index (χ0) is 21.6. The fourth-order valence-corrected chi connectivity index (χ4v) is 3.30. The molecule has 158 valence electrons. The molecule has 1 unspecified atom stereocenters. The molecule has 1 atom stereocenters. The minimum atomic E-state index is -0.828. The monoisotopic (exact) mass is 419 g/mol. The van der Waals surface area contributed by atoms with Crippen molar-refractivity contribution in [1.82, 2.24) is 14.9 Å². The van der Waals surface area contributed by atoms with Crippen LogP contribution in [0.1, 0.15) is 16.2 Å². The van der Waals surface area contributed by atoms with Gasteiger partial charge in [-0.25, -0.2) is 9.37 Å². The lowest BCUT2D eigenvalue weighted by Gasteiger charge is -2.16. The number of carbonyl (C=O) groups is 1. The van der Waals surface area contributed by atoms with E-state index in [4.69, 9.17) is 4.74 Å². The minimum Gasteiger partial charge on any atom is -0.491 e. The van der Waals surface area contributed by atoms with Gasteiger partial charge in [0.2, 0.25) is 0 Å². The summed E-state index contributed by atoms with van der Waals surface area (Å²) in [7, 11) is 0. The van der Waals surface area contributed by atoms with E-state index in [2.05, 4.69) is 10.3 Å². The Balaban J connectivity index is 1.46. The first kappa shape index (κ1) is 20.6. The Bertz CT molecular complexity index is 1160. The summed E-state index contributed by atoms with van der Waals surface area (Å²) in [4.78, 5) is 17.0. The summed E-state index contributed by atoms with van der Waals surface area (Å²) in [6.45, 7) is 0.486. The summed E-state index contributed by atoms with van der Waals surface area (Å²) < 4.78 is 20.5. The maximum absolute atomic E-state index is 13.0. The van der Waals surface area contributed by atoms with Crippen LogP contribution >= 0.6 is 0 Å². The maximum atomic E-state index is 13.0. The first-order valence-electron chi connectivity index (χ1n) is 9.94. The predicted molar refractivity (Wildman–Crippen MR) is 115 cm³/mol. The van der Waals surface area contributed by atoms with Gasteiger partial charge in [0, 0.05) is 5.56 Å². The van der Waals surface area contributed by atoms with Crippen LogP contribution in [0.5, 0.6) is 5.75 Å². The summed E-state index contributed by atoms with van der Waals surface area (Å²) in [6, 6.07) is 22.2. The Hall–Kier alpha value is -3.71. The number of para-hydroxylation sites is 2. The number of rotatable bonds is 8. The van der Waals surface area contributed by atoms with Crippen LogP contribution in [0.2, 0.25) is 0 Å². The molecule has 4 aromatic rings. The molecular formula is C24H22FN3O3. The maximum Gasteiger partial charge on any atom is 0.251 e. The quantitative estimate of drug-likeness (QED) is 0.458. The average molecular weight is 419 g/mol. The molecule has 3 aromatic carbocycles. The highest BCUT2D eigenvalue weighted by atomic mass is 19.1. The van der Waals surface area contributed by atoms with Gasteiger partial charge in [-0.15, -0.1) is 0 Å². The predicted octanol–water partition coefficient (Wildman–Crippen LogP) is 3.55.